The van der Waals surface area contributed by atoms with Crippen LogP contribution in [0.3, 0.4) is 0 Å². The maximum Gasteiger partial charge on any atom is 0.354 e. The van der Waals surface area contributed by atoms with E-state index in [-0.39, 0.29) is 24.6 Å². The van der Waals surface area contributed by atoms with Crippen LogP contribution in [0.4, 0.5) is 4.39 Å². The fourth-order valence-electron chi connectivity index (χ4n) is 1.69. The third-order valence-electron chi connectivity index (χ3n) is 2.52. The minimum absolute atomic E-state index is 0.0923. The predicted molar refractivity (Wildman–Crippen MR) is 65.8 cm³/mol. The number of carboxylic acid groups (broad SMARTS) is 1. The molecule has 100 valence electrons. The van der Waals surface area contributed by atoms with Gasteiger partial charge in [0.05, 0.1) is 12.2 Å². The number of aryl methyl sites for hydroxylation is 1. The Hall–Kier alpha value is -2.37. The molecule has 0 bridgehead atoms. The Morgan fingerprint density at radius 2 is 2.21 bits per heavy atom. The highest BCUT2D eigenvalue weighted by molar-refractivity contribution is 5.85. The number of aromatic carboxylic acids is 1. The summed E-state index contributed by atoms with van der Waals surface area (Å²) in [6.45, 7) is 2.09. The molecule has 0 radical (unpaired) electrons. The fraction of sp³-hybridized carbons (Fsp3) is 0.231. The van der Waals surface area contributed by atoms with E-state index in [0.29, 0.717) is 5.69 Å². The first-order chi connectivity index (χ1) is 9.08. The lowest BCUT2D eigenvalue weighted by molar-refractivity contribution is 0.0682. The number of benzene rings is 1. The van der Waals surface area contributed by atoms with Gasteiger partial charge >= 0.3 is 5.97 Å². The van der Waals surface area contributed by atoms with E-state index in [1.165, 1.54) is 22.9 Å². The van der Waals surface area contributed by atoms with Crippen molar-refractivity contribution in [1.82, 2.24) is 9.78 Å². The average molecular weight is 264 g/mol. The second-order valence-corrected chi connectivity index (χ2v) is 3.98. The molecule has 1 aromatic carbocycles. The van der Waals surface area contributed by atoms with Gasteiger partial charge in [-0.2, -0.15) is 5.10 Å². The van der Waals surface area contributed by atoms with Crippen LogP contribution in [-0.2, 0) is 6.54 Å². The Morgan fingerprint density at radius 3 is 2.89 bits per heavy atom. The topological polar surface area (TPSA) is 64.3 Å². The molecule has 5 nitrogen and oxygen atoms in total. The molecule has 0 fully saturated rings. The molecular weight excluding hydrogens is 251 g/mol. The highest BCUT2D eigenvalue weighted by Gasteiger charge is 2.12. The van der Waals surface area contributed by atoms with Gasteiger partial charge < -0.3 is 9.84 Å². The summed E-state index contributed by atoms with van der Waals surface area (Å²) in [4.78, 5) is 11.0. The van der Waals surface area contributed by atoms with Gasteiger partial charge in [0.1, 0.15) is 12.3 Å². The Bertz CT molecular complexity index is 595. The van der Waals surface area contributed by atoms with E-state index in [1.807, 2.05) is 0 Å². The molecule has 0 saturated heterocycles. The van der Waals surface area contributed by atoms with E-state index in [1.54, 1.807) is 19.1 Å². The van der Waals surface area contributed by atoms with E-state index < -0.39 is 11.8 Å². The van der Waals surface area contributed by atoms with E-state index in [9.17, 15) is 9.18 Å². The van der Waals surface area contributed by atoms with Crippen LogP contribution >= 0.6 is 0 Å². The minimum Gasteiger partial charge on any atom is -0.489 e. The fourth-order valence-corrected chi connectivity index (χ4v) is 1.69. The molecule has 1 heterocycles. The first-order valence-electron chi connectivity index (χ1n) is 5.73. The number of para-hydroxylation sites is 1. The molecule has 0 unspecified atom stereocenters. The monoisotopic (exact) mass is 264 g/mol. The van der Waals surface area contributed by atoms with Gasteiger partial charge in [0.25, 0.3) is 0 Å². The van der Waals surface area contributed by atoms with Crippen LogP contribution in [0, 0.1) is 12.7 Å². The second-order valence-electron chi connectivity index (χ2n) is 3.98. The summed E-state index contributed by atoms with van der Waals surface area (Å²) >= 11 is 0. The number of nitrogens with zero attached hydrogens (tertiary/aromatic N) is 2. The molecule has 19 heavy (non-hydrogen) atoms. The summed E-state index contributed by atoms with van der Waals surface area (Å²) in [5.74, 6) is -1.35. The van der Waals surface area contributed by atoms with Gasteiger partial charge in [-0.25, -0.2) is 9.18 Å². The molecule has 0 spiro atoms. The molecule has 0 aliphatic rings. The molecule has 6 heteroatoms. The van der Waals surface area contributed by atoms with Gasteiger partial charge in [-0.3, -0.25) is 4.68 Å². The SMILES string of the molecule is Cc1cc(C(=O)O)n(CCOc2ccccc2F)n1. The maximum atomic E-state index is 13.3. The van der Waals surface area contributed by atoms with Crippen molar-refractivity contribution in [2.75, 3.05) is 6.61 Å². The molecule has 0 atom stereocenters. The van der Waals surface area contributed by atoms with Crippen molar-refractivity contribution in [2.24, 2.45) is 0 Å². The van der Waals surface area contributed by atoms with Gasteiger partial charge in [0.15, 0.2) is 11.6 Å². The van der Waals surface area contributed by atoms with Crippen molar-refractivity contribution < 1.29 is 19.0 Å². The van der Waals surface area contributed by atoms with Crippen molar-refractivity contribution in [3.63, 3.8) is 0 Å². The quantitative estimate of drug-likeness (QED) is 0.898. The molecule has 2 rings (SSSR count). The zero-order valence-corrected chi connectivity index (χ0v) is 10.3. The van der Waals surface area contributed by atoms with Gasteiger partial charge in [-0.1, -0.05) is 12.1 Å². The molecule has 0 aliphatic heterocycles. The normalized spacial score (nSPS) is 10.4. The molecule has 0 aliphatic carbocycles. The van der Waals surface area contributed by atoms with Crippen LogP contribution in [0.15, 0.2) is 30.3 Å². The van der Waals surface area contributed by atoms with Crippen molar-refractivity contribution in [3.05, 3.63) is 47.5 Å². The van der Waals surface area contributed by atoms with Crippen LogP contribution in [0.1, 0.15) is 16.2 Å². The first-order valence-corrected chi connectivity index (χ1v) is 5.73. The third-order valence-corrected chi connectivity index (χ3v) is 2.52. The van der Waals surface area contributed by atoms with Crippen LogP contribution in [0.2, 0.25) is 0 Å². The highest BCUT2D eigenvalue weighted by Crippen LogP contribution is 2.15. The van der Waals surface area contributed by atoms with Gasteiger partial charge in [0, 0.05) is 0 Å². The van der Waals surface area contributed by atoms with Crippen molar-refractivity contribution >= 4 is 5.97 Å². The lowest BCUT2D eigenvalue weighted by Crippen LogP contribution is -2.15. The van der Waals surface area contributed by atoms with Gasteiger partial charge in [0.2, 0.25) is 0 Å². The number of carboxylic acids is 1. The van der Waals surface area contributed by atoms with Gasteiger partial charge in [-0.05, 0) is 25.1 Å². The number of halogens is 1. The van der Waals surface area contributed by atoms with Crippen molar-refractivity contribution in [1.29, 1.82) is 0 Å². The van der Waals surface area contributed by atoms with E-state index in [0.717, 1.165) is 0 Å². The summed E-state index contributed by atoms with van der Waals surface area (Å²) in [6.07, 6.45) is 0. The standard InChI is InChI=1S/C13H13FN2O3/c1-9-8-11(13(17)18)16(15-9)6-7-19-12-5-3-2-4-10(12)14/h2-5,8H,6-7H2,1H3,(H,17,18). The second kappa shape index (κ2) is 5.51. The van der Waals surface area contributed by atoms with Crippen molar-refractivity contribution in [3.8, 4) is 5.75 Å². The molecule has 0 amide bonds. The minimum atomic E-state index is -1.05. The molecule has 1 aromatic heterocycles. The number of carbonyl (C=O) groups is 1. The number of hydrogen-bond donors (Lipinski definition) is 1. The summed E-state index contributed by atoms with van der Waals surface area (Å²) in [7, 11) is 0. The summed E-state index contributed by atoms with van der Waals surface area (Å²) < 4.78 is 19.9. The van der Waals surface area contributed by atoms with Gasteiger partial charge in [-0.15, -0.1) is 0 Å². The molecular formula is C13H13FN2O3. The lowest BCUT2D eigenvalue weighted by atomic mass is 10.3. The number of ether oxygens (including phenoxy) is 1. The Morgan fingerprint density at radius 1 is 1.47 bits per heavy atom. The molecule has 0 saturated carbocycles. The smallest absolute Gasteiger partial charge is 0.354 e. The highest BCUT2D eigenvalue weighted by atomic mass is 19.1. The van der Waals surface area contributed by atoms with Crippen LogP contribution in [0.5, 0.6) is 5.75 Å². The average Bonchev–Trinajstić information content (AvgIpc) is 2.73. The molecule has 1 N–H and O–H groups in total. The van der Waals surface area contributed by atoms with E-state index in [2.05, 4.69) is 5.10 Å². The lowest BCUT2D eigenvalue weighted by Gasteiger charge is -2.08. The zero-order valence-electron chi connectivity index (χ0n) is 10.3. The third kappa shape index (κ3) is 3.09. The predicted octanol–water partition coefficient (Wildman–Crippen LogP) is 2.11. The van der Waals surface area contributed by atoms with E-state index in [4.69, 9.17) is 9.84 Å². The number of aromatic nitrogens is 2. The van der Waals surface area contributed by atoms with E-state index >= 15 is 0 Å². The van der Waals surface area contributed by atoms with Crippen LogP contribution in [0.25, 0.3) is 0 Å². The van der Waals surface area contributed by atoms with Crippen LogP contribution < -0.4 is 4.74 Å². The summed E-state index contributed by atoms with van der Waals surface area (Å²) in [5.41, 5.74) is 0.706. The summed E-state index contributed by atoms with van der Waals surface area (Å²) in [5, 5.41) is 13.0. The molecule has 2 aromatic rings. The Balaban J connectivity index is 2.00. The largest absolute Gasteiger partial charge is 0.489 e. The zero-order chi connectivity index (χ0) is 13.8. The van der Waals surface area contributed by atoms with Crippen LogP contribution in [-0.4, -0.2) is 27.5 Å². The Labute approximate surface area is 109 Å². The first kappa shape index (κ1) is 13.1. The number of rotatable bonds is 5. The van der Waals surface area contributed by atoms with Crippen molar-refractivity contribution in [2.45, 2.75) is 13.5 Å². The number of hydrogen-bond acceptors (Lipinski definition) is 3. The maximum absolute atomic E-state index is 13.3. The summed E-state index contributed by atoms with van der Waals surface area (Å²) in [6, 6.07) is 7.53. The Kier molecular flexibility index (Phi) is 3.79.